The normalized spacial score (nSPS) is 10.7. The number of hydrogen-bond acceptors (Lipinski definition) is 6. The van der Waals surface area contributed by atoms with E-state index in [0.717, 1.165) is 11.3 Å². The second kappa shape index (κ2) is 8.98. The number of nitrogens with one attached hydrogen (secondary N) is 1. The Morgan fingerprint density at radius 3 is 2.71 bits per heavy atom. The first-order chi connectivity index (χ1) is 13.6. The lowest BCUT2D eigenvalue weighted by molar-refractivity contribution is 0.0950. The minimum absolute atomic E-state index is 0.141. The summed E-state index contributed by atoms with van der Waals surface area (Å²) in [6.45, 7) is 4.62. The van der Waals surface area contributed by atoms with Crippen LogP contribution in [0.1, 0.15) is 41.6 Å². The van der Waals surface area contributed by atoms with Gasteiger partial charge in [0.15, 0.2) is 5.82 Å². The maximum Gasteiger partial charge on any atom is 0.251 e. The molecule has 3 aromatic rings. The molecule has 0 unspecified atom stereocenters. The van der Waals surface area contributed by atoms with Crippen LogP contribution in [0.3, 0.4) is 0 Å². The molecular weight excluding hydrogens is 358 g/mol. The number of hydrogen-bond donors (Lipinski definition) is 1. The molecule has 0 bridgehead atoms. The smallest absolute Gasteiger partial charge is 0.251 e. The standard InChI is InChI=1S/C20H23N5O3/c1-14(2)25-19(22-23-24-25)13-28-18-9-5-7-16(11-18)20(26)21-12-15-6-4-8-17(10-15)27-3/h4-11,14H,12-13H2,1-3H3,(H,21,26). The van der Waals surface area contributed by atoms with Gasteiger partial charge in [0.25, 0.3) is 5.91 Å². The predicted octanol–water partition coefficient (Wildman–Crippen LogP) is 2.77. The Kier molecular flexibility index (Phi) is 6.21. The Bertz CT molecular complexity index is 939. The van der Waals surface area contributed by atoms with Gasteiger partial charge in [0.05, 0.1) is 13.2 Å². The molecule has 0 aliphatic heterocycles. The van der Waals surface area contributed by atoms with E-state index in [4.69, 9.17) is 9.47 Å². The van der Waals surface area contributed by atoms with Crippen LogP contribution in [0, 0.1) is 0 Å². The van der Waals surface area contributed by atoms with Crippen molar-refractivity contribution in [2.45, 2.75) is 33.0 Å². The summed E-state index contributed by atoms with van der Waals surface area (Å²) < 4.78 is 12.7. The molecule has 0 radical (unpaired) electrons. The predicted molar refractivity (Wildman–Crippen MR) is 103 cm³/mol. The van der Waals surface area contributed by atoms with E-state index >= 15 is 0 Å². The van der Waals surface area contributed by atoms with Gasteiger partial charge >= 0.3 is 0 Å². The lowest BCUT2D eigenvalue weighted by Gasteiger charge is -2.10. The van der Waals surface area contributed by atoms with Crippen molar-refractivity contribution >= 4 is 5.91 Å². The molecule has 2 aromatic carbocycles. The van der Waals surface area contributed by atoms with Gasteiger partial charge in [-0.2, -0.15) is 0 Å². The van der Waals surface area contributed by atoms with Crippen LogP contribution in [0.25, 0.3) is 0 Å². The Morgan fingerprint density at radius 1 is 1.14 bits per heavy atom. The van der Waals surface area contributed by atoms with Crippen LogP contribution in [0.2, 0.25) is 0 Å². The van der Waals surface area contributed by atoms with Crippen LogP contribution in [0.4, 0.5) is 0 Å². The van der Waals surface area contributed by atoms with E-state index in [1.807, 2.05) is 38.1 Å². The fraction of sp³-hybridized carbons (Fsp3) is 0.300. The van der Waals surface area contributed by atoms with Gasteiger partial charge in [-0.05, 0) is 60.2 Å². The molecule has 0 saturated heterocycles. The van der Waals surface area contributed by atoms with Crippen molar-refractivity contribution in [3.05, 3.63) is 65.5 Å². The molecule has 8 heteroatoms. The van der Waals surface area contributed by atoms with Crippen molar-refractivity contribution in [1.29, 1.82) is 0 Å². The van der Waals surface area contributed by atoms with Gasteiger partial charge < -0.3 is 14.8 Å². The zero-order valence-electron chi connectivity index (χ0n) is 16.1. The molecule has 0 aliphatic rings. The van der Waals surface area contributed by atoms with Gasteiger partial charge in [-0.25, -0.2) is 4.68 Å². The molecule has 28 heavy (non-hydrogen) atoms. The second-order valence-electron chi connectivity index (χ2n) is 6.48. The number of tetrazole rings is 1. The third kappa shape index (κ3) is 4.85. The molecular formula is C20H23N5O3. The number of ether oxygens (including phenoxy) is 2. The minimum atomic E-state index is -0.180. The van der Waals surface area contributed by atoms with Crippen molar-refractivity contribution in [2.75, 3.05) is 7.11 Å². The van der Waals surface area contributed by atoms with Gasteiger partial charge in [-0.15, -0.1) is 5.10 Å². The number of carbonyl (C=O) groups excluding carboxylic acids is 1. The van der Waals surface area contributed by atoms with E-state index < -0.39 is 0 Å². The number of nitrogens with zero attached hydrogens (tertiary/aromatic N) is 4. The average Bonchev–Trinajstić information content (AvgIpc) is 3.20. The van der Waals surface area contributed by atoms with Crippen molar-refractivity contribution in [2.24, 2.45) is 0 Å². The SMILES string of the molecule is COc1cccc(CNC(=O)c2cccc(OCc3nnnn3C(C)C)c2)c1. The highest BCUT2D eigenvalue weighted by molar-refractivity contribution is 5.94. The molecule has 146 valence electrons. The maximum atomic E-state index is 12.5. The molecule has 1 amide bonds. The molecule has 8 nitrogen and oxygen atoms in total. The summed E-state index contributed by atoms with van der Waals surface area (Å²) in [6, 6.07) is 14.7. The molecule has 1 aromatic heterocycles. The highest BCUT2D eigenvalue weighted by Gasteiger charge is 2.11. The van der Waals surface area contributed by atoms with Gasteiger partial charge in [0.1, 0.15) is 18.1 Å². The molecule has 0 fully saturated rings. The van der Waals surface area contributed by atoms with E-state index in [0.29, 0.717) is 23.7 Å². The Morgan fingerprint density at radius 2 is 1.93 bits per heavy atom. The largest absolute Gasteiger partial charge is 0.497 e. The zero-order valence-corrected chi connectivity index (χ0v) is 16.1. The van der Waals surface area contributed by atoms with Crippen molar-refractivity contribution in [3.63, 3.8) is 0 Å². The van der Waals surface area contributed by atoms with E-state index in [9.17, 15) is 4.79 Å². The molecule has 1 heterocycles. The highest BCUT2D eigenvalue weighted by atomic mass is 16.5. The molecule has 1 N–H and O–H groups in total. The van der Waals surface area contributed by atoms with Crippen LogP contribution in [0.5, 0.6) is 11.5 Å². The summed E-state index contributed by atoms with van der Waals surface area (Å²) in [5.41, 5.74) is 1.48. The molecule has 0 aliphatic carbocycles. The molecule has 0 spiro atoms. The van der Waals surface area contributed by atoms with E-state index in [1.54, 1.807) is 36.1 Å². The minimum Gasteiger partial charge on any atom is -0.497 e. The summed E-state index contributed by atoms with van der Waals surface area (Å²) in [6.07, 6.45) is 0. The van der Waals surface area contributed by atoms with E-state index in [-0.39, 0.29) is 18.6 Å². The van der Waals surface area contributed by atoms with Crippen LogP contribution in [-0.2, 0) is 13.2 Å². The van der Waals surface area contributed by atoms with Gasteiger partial charge in [-0.1, -0.05) is 18.2 Å². The summed E-state index contributed by atoms with van der Waals surface area (Å²) in [5, 5.41) is 14.5. The first kappa shape index (κ1) is 19.3. The second-order valence-corrected chi connectivity index (χ2v) is 6.48. The van der Waals surface area contributed by atoms with E-state index in [2.05, 4.69) is 20.8 Å². The quantitative estimate of drug-likeness (QED) is 0.645. The fourth-order valence-corrected chi connectivity index (χ4v) is 2.65. The third-order valence-corrected chi connectivity index (χ3v) is 4.10. The molecule has 3 rings (SSSR count). The average molecular weight is 381 g/mol. The van der Waals surface area contributed by atoms with Gasteiger partial charge in [0.2, 0.25) is 0 Å². The Hall–Kier alpha value is -3.42. The summed E-state index contributed by atoms with van der Waals surface area (Å²) in [5.74, 6) is 1.78. The first-order valence-electron chi connectivity index (χ1n) is 8.97. The van der Waals surface area contributed by atoms with E-state index in [1.165, 1.54) is 0 Å². The zero-order chi connectivity index (χ0) is 19.9. The topological polar surface area (TPSA) is 91.2 Å². The highest BCUT2D eigenvalue weighted by Crippen LogP contribution is 2.16. The van der Waals surface area contributed by atoms with Crippen LogP contribution in [-0.4, -0.2) is 33.2 Å². The number of methoxy groups -OCH3 is 1. The van der Waals surface area contributed by atoms with Crippen LogP contribution >= 0.6 is 0 Å². The number of carbonyl (C=O) groups is 1. The Balaban J connectivity index is 1.60. The number of amides is 1. The monoisotopic (exact) mass is 381 g/mol. The van der Waals surface area contributed by atoms with Crippen molar-refractivity contribution in [3.8, 4) is 11.5 Å². The lowest BCUT2D eigenvalue weighted by atomic mass is 10.2. The van der Waals surface area contributed by atoms with Crippen molar-refractivity contribution in [1.82, 2.24) is 25.5 Å². The summed E-state index contributed by atoms with van der Waals surface area (Å²) in [7, 11) is 1.61. The summed E-state index contributed by atoms with van der Waals surface area (Å²) >= 11 is 0. The maximum absolute atomic E-state index is 12.5. The fourth-order valence-electron chi connectivity index (χ4n) is 2.65. The first-order valence-corrected chi connectivity index (χ1v) is 8.97. The summed E-state index contributed by atoms with van der Waals surface area (Å²) in [4.78, 5) is 12.5. The van der Waals surface area contributed by atoms with Crippen LogP contribution < -0.4 is 14.8 Å². The number of rotatable bonds is 8. The molecule has 0 saturated carbocycles. The van der Waals surface area contributed by atoms with Gasteiger partial charge in [0, 0.05) is 12.1 Å². The lowest BCUT2D eigenvalue weighted by Crippen LogP contribution is -2.22. The van der Waals surface area contributed by atoms with Crippen LogP contribution in [0.15, 0.2) is 48.5 Å². The Labute approximate surface area is 163 Å². The van der Waals surface area contributed by atoms with Crippen molar-refractivity contribution < 1.29 is 14.3 Å². The van der Waals surface area contributed by atoms with Gasteiger partial charge in [-0.3, -0.25) is 4.79 Å². The number of benzene rings is 2. The third-order valence-electron chi connectivity index (χ3n) is 4.10. The number of aromatic nitrogens is 4. The molecule has 0 atom stereocenters.